The Kier molecular flexibility index (Phi) is 3.82. The van der Waals surface area contributed by atoms with Gasteiger partial charge in [0, 0.05) is 35.4 Å². The second-order valence-electron chi connectivity index (χ2n) is 5.26. The number of rotatable bonds is 3. The van der Waals surface area contributed by atoms with Crippen molar-refractivity contribution in [1.82, 2.24) is 10.6 Å². The number of halogens is 1. The summed E-state index contributed by atoms with van der Waals surface area (Å²) in [6, 6.07) is 5.36. The lowest BCUT2D eigenvalue weighted by Gasteiger charge is -2.27. The van der Waals surface area contributed by atoms with E-state index in [0.29, 0.717) is 23.6 Å². The van der Waals surface area contributed by atoms with Crippen LogP contribution in [0.5, 0.6) is 0 Å². The summed E-state index contributed by atoms with van der Waals surface area (Å²) in [4.78, 5) is 24.3. The van der Waals surface area contributed by atoms with Crippen molar-refractivity contribution >= 4 is 32.8 Å². The van der Waals surface area contributed by atoms with E-state index in [1.54, 1.807) is 19.1 Å². The molecule has 1 saturated heterocycles. The fourth-order valence-electron chi connectivity index (χ4n) is 2.40. The zero-order valence-electron chi connectivity index (χ0n) is 11.5. The van der Waals surface area contributed by atoms with Gasteiger partial charge in [-0.15, -0.1) is 0 Å². The van der Waals surface area contributed by atoms with Crippen molar-refractivity contribution in [2.24, 2.45) is 5.92 Å². The molecule has 0 radical (unpaired) electrons. The van der Waals surface area contributed by atoms with Gasteiger partial charge in [0.05, 0.1) is 0 Å². The monoisotopic (exact) mass is 350 g/mol. The van der Waals surface area contributed by atoms with E-state index in [1.807, 2.05) is 6.07 Å². The molecule has 2 heterocycles. The summed E-state index contributed by atoms with van der Waals surface area (Å²) in [5.74, 6) is 0.0749. The number of hydrogen-bond acceptors (Lipinski definition) is 4. The van der Waals surface area contributed by atoms with E-state index in [4.69, 9.17) is 4.42 Å². The Balaban J connectivity index is 1.96. The largest absolute Gasteiger partial charge is 0.422 e. The van der Waals surface area contributed by atoms with Gasteiger partial charge >= 0.3 is 5.63 Å². The molecule has 0 bridgehead atoms. The Morgan fingerprint density at radius 1 is 1.48 bits per heavy atom. The van der Waals surface area contributed by atoms with Gasteiger partial charge in [0.1, 0.15) is 11.1 Å². The average Bonchev–Trinajstić information content (AvgIpc) is 2.38. The SMILES string of the molecule is Cc1c(C(=O)NCC2CNC2)c(=O)oc2ccc(Br)cc12. The molecule has 0 aliphatic carbocycles. The van der Waals surface area contributed by atoms with Gasteiger partial charge in [0.2, 0.25) is 0 Å². The van der Waals surface area contributed by atoms with Crippen LogP contribution in [0.3, 0.4) is 0 Å². The number of benzene rings is 1. The van der Waals surface area contributed by atoms with Crippen molar-refractivity contribution in [3.63, 3.8) is 0 Å². The molecule has 1 amide bonds. The van der Waals surface area contributed by atoms with Crippen LogP contribution in [0.15, 0.2) is 31.9 Å². The number of fused-ring (bicyclic) bond motifs is 1. The van der Waals surface area contributed by atoms with E-state index in [0.717, 1.165) is 22.9 Å². The van der Waals surface area contributed by atoms with Gasteiger partial charge < -0.3 is 15.1 Å². The van der Waals surface area contributed by atoms with Gasteiger partial charge in [-0.2, -0.15) is 0 Å². The van der Waals surface area contributed by atoms with Gasteiger partial charge in [-0.1, -0.05) is 15.9 Å². The number of nitrogens with one attached hydrogen (secondary N) is 2. The van der Waals surface area contributed by atoms with E-state index in [1.165, 1.54) is 0 Å². The highest BCUT2D eigenvalue weighted by atomic mass is 79.9. The number of hydrogen-bond donors (Lipinski definition) is 2. The summed E-state index contributed by atoms with van der Waals surface area (Å²) in [5.41, 5.74) is 0.631. The molecule has 21 heavy (non-hydrogen) atoms. The molecule has 1 aromatic heterocycles. The highest BCUT2D eigenvalue weighted by molar-refractivity contribution is 9.10. The first-order chi connectivity index (χ1) is 10.1. The van der Waals surface area contributed by atoms with Gasteiger partial charge in [-0.3, -0.25) is 4.79 Å². The van der Waals surface area contributed by atoms with Crippen LogP contribution in [0.25, 0.3) is 11.0 Å². The smallest absolute Gasteiger partial charge is 0.349 e. The highest BCUT2D eigenvalue weighted by Gasteiger charge is 2.21. The van der Waals surface area contributed by atoms with Crippen LogP contribution in [0.1, 0.15) is 15.9 Å². The van der Waals surface area contributed by atoms with Crippen molar-refractivity contribution in [1.29, 1.82) is 0 Å². The molecule has 1 aliphatic rings. The fourth-order valence-corrected chi connectivity index (χ4v) is 2.77. The maximum atomic E-state index is 12.3. The normalized spacial score (nSPS) is 15.0. The second-order valence-corrected chi connectivity index (χ2v) is 6.18. The van der Waals surface area contributed by atoms with E-state index < -0.39 is 5.63 Å². The first kappa shape index (κ1) is 14.3. The lowest BCUT2D eigenvalue weighted by molar-refractivity contribution is 0.0938. The molecule has 0 unspecified atom stereocenters. The Bertz CT molecular complexity index is 765. The zero-order chi connectivity index (χ0) is 15.0. The molecule has 110 valence electrons. The molecule has 1 aliphatic heterocycles. The van der Waals surface area contributed by atoms with E-state index >= 15 is 0 Å². The molecule has 0 atom stereocenters. The highest BCUT2D eigenvalue weighted by Crippen LogP contribution is 2.23. The third-order valence-corrected chi connectivity index (χ3v) is 4.27. The number of amides is 1. The van der Waals surface area contributed by atoms with Gasteiger partial charge in [0.15, 0.2) is 0 Å². The molecular weight excluding hydrogens is 336 g/mol. The molecule has 2 N–H and O–H groups in total. The van der Waals surface area contributed by atoms with E-state index in [2.05, 4.69) is 26.6 Å². The predicted molar refractivity (Wildman–Crippen MR) is 83.6 cm³/mol. The number of carbonyl (C=O) groups excluding carboxylic acids is 1. The summed E-state index contributed by atoms with van der Waals surface area (Å²) < 4.78 is 6.12. The van der Waals surface area contributed by atoms with Gasteiger partial charge in [-0.05, 0) is 30.7 Å². The number of carbonyl (C=O) groups is 1. The van der Waals surface area contributed by atoms with Crippen LogP contribution in [0.2, 0.25) is 0 Å². The minimum Gasteiger partial charge on any atom is -0.422 e. The molecule has 5 nitrogen and oxygen atoms in total. The van der Waals surface area contributed by atoms with E-state index in [-0.39, 0.29) is 11.5 Å². The van der Waals surface area contributed by atoms with Crippen LogP contribution in [-0.2, 0) is 0 Å². The summed E-state index contributed by atoms with van der Waals surface area (Å²) in [6.07, 6.45) is 0. The molecule has 2 aromatic rings. The van der Waals surface area contributed by atoms with E-state index in [9.17, 15) is 9.59 Å². The van der Waals surface area contributed by atoms with Crippen molar-refractivity contribution in [2.75, 3.05) is 19.6 Å². The van der Waals surface area contributed by atoms with Crippen LogP contribution in [0.4, 0.5) is 0 Å². The molecule has 6 heteroatoms. The van der Waals surface area contributed by atoms with Crippen LogP contribution in [0, 0.1) is 12.8 Å². The lowest BCUT2D eigenvalue weighted by Crippen LogP contribution is -2.48. The minimum absolute atomic E-state index is 0.0906. The summed E-state index contributed by atoms with van der Waals surface area (Å²) in [7, 11) is 0. The molecular formula is C15H15BrN2O3. The van der Waals surface area contributed by atoms with Crippen LogP contribution in [-0.4, -0.2) is 25.5 Å². The third kappa shape index (κ3) is 2.73. The van der Waals surface area contributed by atoms with Crippen molar-refractivity contribution < 1.29 is 9.21 Å². The van der Waals surface area contributed by atoms with Crippen LogP contribution >= 0.6 is 15.9 Å². The second kappa shape index (κ2) is 5.61. The first-order valence-electron chi connectivity index (χ1n) is 6.78. The summed E-state index contributed by atoms with van der Waals surface area (Å²) in [6.45, 7) is 4.14. The van der Waals surface area contributed by atoms with Crippen molar-refractivity contribution in [3.05, 3.63) is 44.2 Å². The maximum absolute atomic E-state index is 12.3. The number of aryl methyl sites for hydroxylation is 1. The fraction of sp³-hybridized carbons (Fsp3) is 0.333. The maximum Gasteiger partial charge on any atom is 0.349 e. The molecule has 1 aromatic carbocycles. The predicted octanol–water partition coefficient (Wildman–Crippen LogP) is 1.81. The molecule has 3 rings (SSSR count). The van der Waals surface area contributed by atoms with Gasteiger partial charge in [0.25, 0.3) is 5.91 Å². The Labute approximate surface area is 129 Å². The third-order valence-electron chi connectivity index (χ3n) is 3.77. The van der Waals surface area contributed by atoms with Gasteiger partial charge in [-0.25, -0.2) is 4.79 Å². The molecule has 0 spiro atoms. The standard InChI is InChI=1S/C15H15BrN2O3/c1-8-11-4-10(16)2-3-12(11)21-15(20)13(8)14(19)18-7-9-5-17-6-9/h2-4,9,17H,5-7H2,1H3,(H,18,19). The Morgan fingerprint density at radius 2 is 2.24 bits per heavy atom. The Morgan fingerprint density at radius 3 is 2.90 bits per heavy atom. The zero-order valence-corrected chi connectivity index (χ0v) is 13.1. The lowest BCUT2D eigenvalue weighted by atomic mass is 10.0. The molecule has 0 saturated carbocycles. The first-order valence-corrected chi connectivity index (χ1v) is 7.57. The minimum atomic E-state index is -0.591. The average molecular weight is 351 g/mol. The quantitative estimate of drug-likeness (QED) is 0.828. The summed E-state index contributed by atoms with van der Waals surface area (Å²) in [5, 5.41) is 6.72. The van der Waals surface area contributed by atoms with Crippen molar-refractivity contribution in [3.8, 4) is 0 Å². The van der Waals surface area contributed by atoms with Crippen LogP contribution < -0.4 is 16.3 Å². The van der Waals surface area contributed by atoms with Crippen molar-refractivity contribution in [2.45, 2.75) is 6.92 Å². The topological polar surface area (TPSA) is 71.3 Å². The summed E-state index contributed by atoms with van der Waals surface area (Å²) >= 11 is 3.39. The molecule has 1 fully saturated rings. The Hall–Kier alpha value is -1.66.